The molecule has 3 aromatic rings. The molecule has 3 N–H and O–H groups in total. The average molecular weight is 510 g/mol. The molecule has 188 valence electrons. The number of hydrogen-bond donors (Lipinski definition) is 2. The molecule has 0 saturated carbocycles. The van der Waals surface area contributed by atoms with E-state index in [-0.39, 0.29) is 13.0 Å². The van der Waals surface area contributed by atoms with Crippen molar-refractivity contribution < 1.29 is 28.9 Å². The molecule has 0 unspecified atom stereocenters. The Bertz CT molecular complexity index is 1230. The van der Waals surface area contributed by atoms with Crippen molar-refractivity contribution in [3.63, 3.8) is 0 Å². The average Bonchev–Trinajstić information content (AvgIpc) is 2.87. The minimum absolute atomic E-state index is 0.0929. The van der Waals surface area contributed by atoms with Gasteiger partial charge < -0.3 is 25.1 Å². The van der Waals surface area contributed by atoms with Crippen LogP contribution in [0.15, 0.2) is 66.7 Å². The summed E-state index contributed by atoms with van der Waals surface area (Å²) >= 11 is 6.46. The van der Waals surface area contributed by atoms with Gasteiger partial charge in [0.25, 0.3) is 0 Å². The number of ketones is 1. The van der Waals surface area contributed by atoms with E-state index in [0.717, 1.165) is 16.9 Å². The zero-order valence-electron chi connectivity index (χ0n) is 19.9. The number of hydrogen-bond acceptors (Lipinski definition) is 6. The Morgan fingerprint density at radius 1 is 1.08 bits per heavy atom. The Labute approximate surface area is 214 Å². The summed E-state index contributed by atoms with van der Waals surface area (Å²) in [5, 5.41) is 11.0. The quantitative estimate of drug-likeness (QED) is 0.446. The molecule has 0 radical (unpaired) electrons. The summed E-state index contributed by atoms with van der Waals surface area (Å²) in [6.45, 7) is 2.62. The van der Waals surface area contributed by atoms with Crippen molar-refractivity contribution in [3.05, 3.63) is 94.0 Å². The fraction of sp³-hybridized carbons (Fsp3) is 0.286. The summed E-state index contributed by atoms with van der Waals surface area (Å²) in [4.78, 5) is 24.2. The molecule has 0 aliphatic carbocycles. The Kier molecular flexibility index (Phi) is 8.25. The number of aliphatic hydroxyl groups is 1. The van der Waals surface area contributed by atoms with Gasteiger partial charge >= 0.3 is 0 Å². The second-order valence-electron chi connectivity index (χ2n) is 8.60. The van der Waals surface area contributed by atoms with E-state index in [9.17, 15) is 14.7 Å². The SMILES string of the molecule is CCOc1ccc(Cc2cc([C@@H]3O[C@H](COc4cccc(C(N)=O)c4)C[C@H](O)C3=O)ccc2Cl)cc1. The molecule has 1 fully saturated rings. The first-order chi connectivity index (χ1) is 17.3. The summed E-state index contributed by atoms with van der Waals surface area (Å²) in [6, 6.07) is 19.6. The molecule has 1 aliphatic rings. The first-order valence-electron chi connectivity index (χ1n) is 11.7. The number of amides is 1. The highest BCUT2D eigenvalue weighted by atomic mass is 35.5. The number of benzene rings is 3. The standard InChI is InChI=1S/C28H28ClNO6/c1-2-34-21-9-6-17(7-10-21)12-20-13-18(8-11-24(20)29)27-26(32)25(31)15-23(36-27)16-35-22-5-3-4-19(14-22)28(30)33/h3-11,13-14,23,25,27,31H,2,12,15-16H2,1H3,(H2,30,33)/t23-,25-,27-/m0/s1. The molecule has 3 aromatic carbocycles. The number of aliphatic hydroxyl groups excluding tert-OH is 1. The lowest BCUT2D eigenvalue weighted by Crippen LogP contribution is -2.42. The molecule has 3 atom stereocenters. The predicted octanol–water partition coefficient (Wildman–Crippen LogP) is 4.27. The van der Waals surface area contributed by atoms with Crippen LogP contribution < -0.4 is 15.2 Å². The third kappa shape index (κ3) is 6.23. The molecule has 0 bridgehead atoms. The lowest BCUT2D eigenvalue weighted by atomic mass is 9.93. The minimum Gasteiger partial charge on any atom is -0.494 e. The van der Waals surface area contributed by atoms with Gasteiger partial charge in [0.2, 0.25) is 5.91 Å². The summed E-state index contributed by atoms with van der Waals surface area (Å²) in [6.07, 6.45) is -2.00. The van der Waals surface area contributed by atoms with Gasteiger partial charge in [-0.25, -0.2) is 0 Å². The largest absolute Gasteiger partial charge is 0.494 e. The normalized spacial score (nSPS) is 19.6. The van der Waals surface area contributed by atoms with Crippen LogP contribution in [0.25, 0.3) is 0 Å². The van der Waals surface area contributed by atoms with Crippen LogP contribution in [0.1, 0.15) is 46.5 Å². The molecule has 0 spiro atoms. The summed E-state index contributed by atoms with van der Waals surface area (Å²) in [5.74, 6) is 0.281. The summed E-state index contributed by atoms with van der Waals surface area (Å²) in [5.41, 5.74) is 8.14. The zero-order valence-corrected chi connectivity index (χ0v) is 20.6. The van der Waals surface area contributed by atoms with Crippen molar-refractivity contribution in [3.8, 4) is 11.5 Å². The molecule has 8 heteroatoms. The van der Waals surface area contributed by atoms with E-state index in [1.165, 1.54) is 6.07 Å². The van der Waals surface area contributed by atoms with E-state index in [0.29, 0.717) is 34.9 Å². The second kappa shape index (κ2) is 11.6. The Hall–Kier alpha value is -3.39. The number of carbonyl (C=O) groups excluding carboxylic acids is 2. The van der Waals surface area contributed by atoms with E-state index < -0.39 is 30.0 Å². The molecule has 1 heterocycles. The van der Waals surface area contributed by atoms with Gasteiger partial charge in [-0.15, -0.1) is 0 Å². The van der Waals surface area contributed by atoms with Gasteiger partial charge in [0.1, 0.15) is 30.3 Å². The van der Waals surface area contributed by atoms with Gasteiger partial charge in [-0.2, -0.15) is 0 Å². The van der Waals surface area contributed by atoms with E-state index in [1.807, 2.05) is 37.3 Å². The van der Waals surface area contributed by atoms with E-state index >= 15 is 0 Å². The van der Waals surface area contributed by atoms with Crippen LogP contribution in [0.5, 0.6) is 11.5 Å². The first kappa shape index (κ1) is 25.7. The maximum Gasteiger partial charge on any atom is 0.248 e. The van der Waals surface area contributed by atoms with Crippen LogP contribution in [0.2, 0.25) is 5.02 Å². The zero-order chi connectivity index (χ0) is 25.7. The van der Waals surface area contributed by atoms with Gasteiger partial charge in [-0.1, -0.05) is 41.9 Å². The number of Topliss-reactive ketones (excluding diaryl/α,β-unsaturated/α-hetero) is 1. The van der Waals surface area contributed by atoms with Crippen molar-refractivity contribution >= 4 is 23.3 Å². The molecular formula is C28H28ClNO6. The number of nitrogens with two attached hydrogens (primary N) is 1. The van der Waals surface area contributed by atoms with Gasteiger partial charge in [0.05, 0.1) is 12.7 Å². The Morgan fingerprint density at radius 3 is 2.58 bits per heavy atom. The van der Waals surface area contributed by atoms with Gasteiger partial charge in [0.15, 0.2) is 5.78 Å². The summed E-state index contributed by atoms with van der Waals surface area (Å²) in [7, 11) is 0. The fourth-order valence-corrected chi connectivity index (χ4v) is 4.30. The minimum atomic E-state index is -1.18. The van der Waals surface area contributed by atoms with Gasteiger partial charge in [-0.3, -0.25) is 9.59 Å². The molecule has 4 rings (SSSR count). The van der Waals surface area contributed by atoms with Crippen LogP contribution in [0.3, 0.4) is 0 Å². The number of primary amides is 1. The fourth-order valence-electron chi connectivity index (χ4n) is 4.12. The monoisotopic (exact) mass is 509 g/mol. The van der Waals surface area contributed by atoms with E-state index in [1.54, 1.807) is 30.3 Å². The van der Waals surface area contributed by atoms with Crippen molar-refractivity contribution in [2.24, 2.45) is 5.73 Å². The third-order valence-electron chi connectivity index (χ3n) is 5.96. The predicted molar refractivity (Wildman–Crippen MR) is 136 cm³/mol. The number of ether oxygens (including phenoxy) is 3. The second-order valence-corrected chi connectivity index (χ2v) is 9.01. The maximum atomic E-state index is 12.8. The highest BCUT2D eigenvalue weighted by Gasteiger charge is 2.37. The molecule has 1 amide bonds. The number of halogens is 1. The number of carbonyl (C=O) groups is 2. The van der Waals surface area contributed by atoms with Gasteiger partial charge in [0, 0.05) is 17.0 Å². The Morgan fingerprint density at radius 2 is 1.86 bits per heavy atom. The topological polar surface area (TPSA) is 108 Å². The lowest BCUT2D eigenvalue weighted by Gasteiger charge is -2.32. The van der Waals surface area contributed by atoms with Gasteiger partial charge in [-0.05, 0) is 66.4 Å². The van der Waals surface area contributed by atoms with Crippen LogP contribution in [0, 0.1) is 0 Å². The van der Waals surface area contributed by atoms with Crippen LogP contribution >= 0.6 is 11.6 Å². The van der Waals surface area contributed by atoms with Crippen molar-refractivity contribution in [1.29, 1.82) is 0 Å². The smallest absolute Gasteiger partial charge is 0.248 e. The van der Waals surface area contributed by atoms with Crippen molar-refractivity contribution in [2.75, 3.05) is 13.2 Å². The first-order valence-corrected chi connectivity index (χ1v) is 12.1. The van der Waals surface area contributed by atoms with Crippen LogP contribution in [0.4, 0.5) is 0 Å². The molecular weight excluding hydrogens is 482 g/mol. The Balaban J connectivity index is 1.47. The summed E-state index contributed by atoms with van der Waals surface area (Å²) < 4.78 is 17.3. The molecule has 1 saturated heterocycles. The highest BCUT2D eigenvalue weighted by Crippen LogP contribution is 2.32. The van der Waals surface area contributed by atoms with Crippen molar-refractivity contribution in [2.45, 2.75) is 38.1 Å². The van der Waals surface area contributed by atoms with Crippen molar-refractivity contribution in [1.82, 2.24) is 0 Å². The molecule has 0 aromatic heterocycles. The molecule has 7 nitrogen and oxygen atoms in total. The molecule has 36 heavy (non-hydrogen) atoms. The van der Waals surface area contributed by atoms with Crippen LogP contribution in [-0.4, -0.2) is 42.2 Å². The van der Waals surface area contributed by atoms with E-state index in [2.05, 4.69) is 0 Å². The lowest BCUT2D eigenvalue weighted by molar-refractivity contribution is -0.160. The third-order valence-corrected chi connectivity index (χ3v) is 6.33. The highest BCUT2D eigenvalue weighted by molar-refractivity contribution is 6.31. The van der Waals surface area contributed by atoms with E-state index in [4.69, 9.17) is 31.5 Å². The maximum absolute atomic E-state index is 12.8. The van der Waals surface area contributed by atoms with Crippen LogP contribution in [-0.2, 0) is 16.0 Å². The number of rotatable bonds is 9. The molecule has 1 aliphatic heterocycles.